The molecule has 0 aliphatic carbocycles. The number of fused-ring (bicyclic) bond motifs is 10. The molecule has 0 saturated heterocycles. The molecule has 0 atom stereocenters. The molecule has 4 nitrogen and oxygen atoms in total. The monoisotopic (exact) mass is 750 g/mol. The van der Waals surface area contributed by atoms with Crippen LogP contribution in [0.4, 0.5) is 0 Å². The molecule has 4 heteroatoms. The molecule has 9 aromatic carbocycles. The average Bonchev–Trinajstić information content (AvgIpc) is 3.95. The number of para-hydroxylation sites is 5. The lowest BCUT2D eigenvalue weighted by atomic mass is 9.95. The van der Waals surface area contributed by atoms with E-state index in [9.17, 15) is 5.26 Å². The molecule has 0 bridgehead atoms. The fraction of sp³-hybridized carbons (Fsp3) is 0. The van der Waals surface area contributed by atoms with Crippen molar-refractivity contribution in [2.45, 2.75) is 0 Å². The van der Waals surface area contributed by atoms with Gasteiger partial charge in [0.15, 0.2) is 0 Å². The number of nitriles is 1. The standard InChI is InChI=1S/C55H34N4/c56-35-39-31-37(36-15-3-1-4-16-36)27-28-43(39)38-32-41(57-49-23-11-7-19-44(49)45-20-8-12-24-50(45)57)34-42(33-38)58-52-26-14-10-22-48(52)54-53(58)30-29-47-46-21-9-13-25-51(46)59(55(47)54)40-17-5-2-6-18-40/h1-34H. The molecule has 12 aromatic rings. The Labute approximate surface area is 340 Å². The molecule has 0 aliphatic heterocycles. The van der Waals surface area contributed by atoms with Gasteiger partial charge in [0.05, 0.1) is 44.7 Å². The number of rotatable bonds is 5. The van der Waals surface area contributed by atoms with Crippen LogP contribution in [0, 0.1) is 11.3 Å². The van der Waals surface area contributed by atoms with Crippen LogP contribution in [0.25, 0.3) is 105 Å². The lowest BCUT2D eigenvalue weighted by molar-refractivity contribution is 1.13. The summed E-state index contributed by atoms with van der Waals surface area (Å²) in [5.41, 5.74) is 14.6. The van der Waals surface area contributed by atoms with Crippen LogP contribution >= 0.6 is 0 Å². The van der Waals surface area contributed by atoms with Gasteiger partial charge in [0.1, 0.15) is 0 Å². The van der Waals surface area contributed by atoms with E-state index < -0.39 is 0 Å². The van der Waals surface area contributed by atoms with Gasteiger partial charge in [-0.1, -0.05) is 140 Å². The van der Waals surface area contributed by atoms with E-state index >= 15 is 0 Å². The van der Waals surface area contributed by atoms with Gasteiger partial charge in [0.25, 0.3) is 0 Å². The largest absolute Gasteiger partial charge is 0.309 e. The van der Waals surface area contributed by atoms with Gasteiger partial charge >= 0.3 is 0 Å². The summed E-state index contributed by atoms with van der Waals surface area (Å²) in [5, 5.41) is 18.0. The summed E-state index contributed by atoms with van der Waals surface area (Å²) >= 11 is 0. The van der Waals surface area contributed by atoms with E-state index in [1.54, 1.807) is 0 Å². The Morgan fingerprint density at radius 1 is 0.322 bits per heavy atom. The van der Waals surface area contributed by atoms with Crippen LogP contribution < -0.4 is 0 Å². The second-order valence-electron chi connectivity index (χ2n) is 15.2. The van der Waals surface area contributed by atoms with Gasteiger partial charge in [-0.15, -0.1) is 0 Å². The van der Waals surface area contributed by atoms with Crippen molar-refractivity contribution in [1.29, 1.82) is 5.26 Å². The van der Waals surface area contributed by atoms with E-state index in [1.807, 2.05) is 24.3 Å². The Balaban J connectivity index is 1.20. The molecule has 3 aromatic heterocycles. The van der Waals surface area contributed by atoms with Crippen LogP contribution in [-0.4, -0.2) is 13.7 Å². The highest BCUT2D eigenvalue weighted by atomic mass is 15.0. The van der Waals surface area contributed by atoms with E-state index in [-0.39, 0.29) is 0 Å². The average molecular weight is 751 g/mol. The molecule has 0 spiro atoms. The smallest absolute Gasteiger partial charge is 0.0998 e. The third-order valence-corrected chi connectivity index (χ3v) is 12.0. The third-order valence-electron chi connectivity index (χ3n) is 12.0. The van der Waals surface area contributed by atoms with Crippen molar-refractivity contribution in [3.05, 3.63) is 212 Å². The highest BCUT2D eigenvalue weighted by Crippen LogP contribution is 2.43. The Kier molecular flexibility index (Phi) is 7.26. The van der Waals surface area contributed by atoms with Crippen molar-refractivity contribution in [3.8, 4) is 45.4 Å². The molecular formula is C55H34N4. The van der Waals surface area contributed by atoms with Crippen molar-refractivity contribution < 1.29 is 0 Å². The molecular weight excluding hydrogens is 717 g/mol. The maximum absolute atomic E-state index is 10.7. The van der Waals surface area contributed by atoms with E-state index in [4.69, 9.17) is 0 Å². The van der Waals surface area contributed by atoms with Crippen molar-refractivity contribution in [2.75, 3.05) is 0 Å². The number of aromatic nitrogens is 3. The predicted octanol–water partition coefficient (Wildman–Crippen LogP) is 14.2. The zero-order valence-corrected chi connectivity index (χ0v) is 31.9. The summed E-state index contributed by atoms with van der Waals surface area (Å²) in [6.07, 6.45) is 0. The van der Waals surface area contributed by atoms with Gasteiger partial charge in [-0.25, -0.2) is 0 Å². The lowest BCUT2D eigenvalue weighted by Crippen LogP contribution is -2.01. The van der Waals surface area contributed by atoms with E-state index in [2.05, 4.69) is 202 Å². The molecule has 274 valence electrons. The Bertz CT molecular complexity index is 3620. The second kappa shape index (κ2) is 13.0. The first-order chi connectivity index (χ1) is 29.2. The second-order valence-corrected chi connectivity index (χ2v) is 15.2. The molecule has 0 amide bonds. The summed E-state index contributed by atoms with van der Waals surface area (Å²) in [4.78, 5) is 0. The zero-order chi connectivity index (χ0) is 39.0. The minimum absolute atomic E-state index is 0.632. The summed E-state index contributed by atoms with van der Waals surface area (Å²) in [6.45, 7) is 0. The van der Waals surface area contributed by atoms with Crippen molar-refractivity contribution in [3.63, 3.8) is 0 Å². The van der Waals surface area contributed by atoms with E-state index in [0.717, 1.165) is 61.4 Å². The van der Waals surface area contributed by atoms with Gasteiger partial charge in [-0.2, -0.15) is 5.26 Å². The maximum atomic E-state index is 10.7. The van der Waals surface area contributed by atoms with Crippen molar-refractivity contribution in [1.82, 2.24) is 13.7 Å². The number of nitrogens with zero attached hydrogens (tertiary/aromatic N) is 4. The molecule has 12 rings (SSSR count). The predicted molar refractivity (Wildman–Crippen MR) is 245 cm³/mol. The Morgan fingerprint density at radius 3 is 1.46 bits per heavy atom. The molecule has 0 N–H and O–H groups in total. The lowest BCUT2D eigenvalue weighted by Gasteiger charge is -2.17. The summed E-state index contributed by atoms with van der Waals surface area (Å²) in [6, 6.07) is 76.0. The van der Waals surface area contributed by atoms with Crippen molar-refractivity contribution in [2.24, 2.45) is 0 Å². The molecule has 0 unspecified atom stereocenters. The van der Waals surface area contributed by atoms with Gasteiger partial charge < -0.3 is 13.7 Å². The fourth-order valence-electron chi connectivity index (χ4n) is 9.54. The van der Waals surface area contributed by atoms with Crippen LogP contribution in [0.5, 0.6) is 0 Å². The molecule has 0 aliphatic rings. The molecule has 3 heterocycles. The van der Waals surface area contributed by atoms with E-state index in [1.165, 1.54) is 43.4 Å². The van der Waals surface area contributed by atoms with Gasteiger partial charge in [0.2, 0.25) is 0 Å². The van der Waals surface area contributed by atoms with E-state index in [0.29, 0.717) is 5.56 Å². The third kappa shape index (κ3) is 4.95. The van der Waals surface area contributed by atoms with Crippen LogP contribution in [0.1, 0.15) is 5.56 Å². The Hall–Kier alpha value is -8.13. The van der Waals surface area contributed by atoms with Crippen LogP contribution in [-0.2, 0) is 0 Å². The normalized spacial score (nSPS) is 11.7. The molecule has 0 fully saturated rings. The molecule has 0 saturated carbocycles. The maximum Gasteiger partial charge on any atom is 0.0998 e. The number of benzene rings is 9. The quantitative estimate of drug-likeness (QED) is 0.173. The van der Waals surface area contributed by atoms with Crippen molar-refractivity contribution >= 4 is 65.4 Å². The first kappa shape index (κ1) is 33.1. The first-order valence-electron chi connectivity index (χ1n) is 20.0. The van der Waals surface area contributed by atoms with Crippen LogP contribution in [0.15, 0.2) is 206 Å². The minimum atomic E-state index is 0.632. The SMILES string of the molecule is N#Cc1cc(-c2ccccc2)ccc1-c1cc(-n2c3ccccc3c3ccccc32)cc(-n2c3ccccc3c3c2ccc2c4ccccc4n(-c4ccccc4)c23)c1. The van der Waals surface area contributed by atoms with Gasteiger partial charge in [-0.05, 0) is 89.0 Å². The van der Waals surface area contributed by atoms with Gasteiger partial charge in [-0.3, -0.25) is 0 Å². The van der Waals surface area contributed by atoms with Crippen LogP contribution in [0.3, 0.4) is 0 Å². The molecule has 59 heavy (non-hydrogen) atoms. The number of hydrogen-bond donors (Lipinski definition) is 0. The zero-order valence-electron chi connectivity index (χ0n) is 31.9. The Morgan fingerprint density at radius 2 is 0.831 bits per heavy atom. The van der Waals surface area contributed by atoms with Gasteiger partial charge in [0, 0.05) is 49.4 Å². The summed E-state index contributed by atoms with van der Waals surface area (Å²) < 4.78 is 7.22. The summed E-state index contributed by atoms with van der Waals surface area (Å²) in [7, 11) is 0. The van der Waals surface area contributed by atoms with Crippen LogP contribution in [0.2, 0.25) is 0 Å². The fourth-order valence-corrected chi connectivity index (χ4v) is 9.54. The summed E-state index contributed by atoms with van der Waals surface area (Å²) in [5.74, 6) is 0. The first-order valence-corrected chi connectivity index (χ1v) is 20.0. The molecule has 0 radical (unpaired) electrons. The minimum Gasteiger partial charge on any atom is -0.309 e. The topological polar surface area (TPSA) is 38.6 Å². The number of hydrogen-bond acceptors (Lipinski definition) is 1. The highest BCUT2D eigenvalue weighted by molar-refractivity contribution is 6.26. The highest BCUT2D eigenvalue weighted by Gasteiger charge is 2.22.